The van der Waals surface area contributed by atoms with Gasteiger partial charge in [0, 0.05) is 23.2 Å². The average Bonchev–Trinajstić information content (AvgIpc) is 3.10. The molecular formula is C40H62N2O8. The van der Waals surface area contributed by atoms with E-state index in [9.17, 15) is 9.59 Å². The molecule has 0 aliphatic heterocycles. The van der Waals surface area contributed by atoms with Gasteiger partial charge in [-0.3, -0.25) is 9.59 Å². The molecule has 0 heterocycles. The molecule has 2 fully saturated rings. The quantitative estimate of drug-likeness (QED) is 0.231. The third-order valence-corrected chi connectivity index (χ3v) is 10.5. The zero-order valence-corrected chi connectivity index (χ0v) is 32.4. The number of carbonyl (C=O) groups excluding carboxylic acids is 2. The Morgan fingerprint density at radius 2 is 0.840 bits per heavy atom. The minimum absolute atomic E-state index is 0.0935. The molecule has 10 nitrogen and oxygen atoms in total. The van der Waals surface area contributed by atoms with E-state index in [0.717, 1.165) is 12.8 Å². The number of carbonyl (C=O) groups is 2. The smallest absolute Gasteiger partial charge is 0.251 e. The molecule has 2 amide bonds. The molecule has 2 aromatic rings. The second kappa shape index (κ2) is 19.0. The fourth-order valence-corrected chi connectivity index (χ4v) is 7.66. The molecule has 0 spiro atoms. The normalized spacial score (nSPS) is 23.2. The zero-order valence-electron chi connectivity index (χ0n) is 32.4. The Labute approximate surface area is 300 Å². The lowest BCUT2D eigenvalue weighted by atomic mass is 9.74. The van der Waals surface area contributed by atoms with E-state index < -0.39 is 0 Å². The van der Waals surface area contributed by atoms with Gasteiger partial charge < -0.3 is 39.1 Å². The lowest BCUT2D eigenvalue weighted by Gasteiger charge is -2.37. The predicted octanol–water partition coefficient (Wildman–Crippen LogP) is 7.81. The maximum absolute atomic E-state index is 12.9. The highest BCUT2D eigenvalue weighted by Gasteiger charge is 2.33. The van der Waals surface area contributed by atoms with Gasteiger partial charge in [-0.1, -0.05) is 54.4 Å². The molecule has 0 radical (unpaired) electrons. The van der Waals surface area contributed by atoms with E-state index in [-0.39, 0.29) is 23.9 Å². The summed E-state index contributed by atoms with van der Waals surface area (Å²) in [4.78, 5) is 25.7. The standard InChI is InChI=1S/2C20H31NO4/c2*1-12(2)15-8-7-13(3)9-16(15)21-20(22)14-10-17(23-4)19(25-6)18(11-14)24-5/h2*10-13,15-16H,7-9H2,1-6H3,(H,21,22)/t2*13-,15+,16+/m10/s1. The summed E-state index contributed by atoms with van der Waals surface area (Å²) in [5, 5.41) is 6.49. The molecule has 2 saturated carbocycles. The summed E-state index contributed by atoms with van der Waals surface area (Å²) in [7, 11) is 9.31. The Balaban J connectivity index is 0.000000270. The van der Waals surface area contributed by atoms with E-state index in [4.69, 9.17) is 28.4 Å². The predicted molar refractivity (Wildman–Crippen MR) is 197 cm³/mol. The summed E-state index contributed by atoms with van der Waals surface area (Å²) in [6.45, 7) is 13.5. The van der Waals surface area contributed by atoms with Crippen molar-refractivity contribution in [3.05, 3.63) is 35.4 Å². The van der Waals surface area contributed by atoms with E-state index in [1.54, 1.807) is 66.9 Å². The third-order valence-electron chi connectivity index (χ3n) is 10.5. The second-order valence-electron chi connectivity index (χ2n) is 14.6. The zero-order chi connectivity index (χ0) is 37.1. The van der Waals surface area contributed by atoms with Crippen LogP contribution in [0.5, 0.6) is 34.5 Å². The molecule has 280 valence electrons. The number of hydrogen-bond acceptors (Lipinski definition) is 8. The van der Waals surface area contributed by atoms with Crippen molar-refractivity contribution in [2.45, 2.75) is 92.2 Å². The SMILES string of the molecule is COc1cc(C(=O)N[C@@H]2C[C@@H](C)CC[C@@H]2C(C)C)cc(OC)c1OC.COc1cc(C(=O)N[C@H]2C[C@H](C)CC[C@H]2C(C)C)cc(OC)c1OC. The van der Waals surface area contributed by atoms with Crippen LogP contribution in [-0.4, -0.2) is 66.6 Å². The lowest BCUT2D eigenvalue weighted by Crippen LogP contribution is -2.45. The number of amides is 2. The molecular weight excluding hydrogens is 636 g/mol. The van der Waals surface area contributed by atoms with Crippen LogP contribution >= 0.6 is 0 Å². The molecule has 2 aromatic carbocycles. The fraction of sp³-hybridized carbons (Fsp3) is 0.650. The first kappa shape index (κ1) is 40.6. The van der Waals surface area contributed by atoms with E-state index in [1.165, 1.54) is 25.7 Å². The van der Waals surface area contributed by atoms with E-state index in [1.807, 2.05) is 0 Å². The van der Waals surface area contributed by atoms with Crippen LogP contribution in [0.2, 0.25) is 0 Å². The van der Waals surface area contributed by atoms with Gasteiger partial charge >= 0.3 is 0 Å². The molecule has 2 aliphatic carbocycles. The number of ether oxygens (including phenoxy) is 6. The van der Waals surface area contributed by atoms with Gasteiger partial charge in [0.1, 0.15) is 0 Å². The largest absolute Gasteiger partial charge is 0.493 e. The van der Waals surface area contributed by atoms with Crippen LogP contribution in [-0.2, 0) is 0 Å². The van der Waals surface area contributed by atoms with Crippen LogP contribution in [0.4, 0.5) is 0 Å². The molecule has 0 bridgehead atoms. The van der Waals surface area contributed by atoms with Gasteiger partial charge in [-0.2, -0.15) is 0 Å². The number of hydrogen-bond donors (Lipinski definition) is 2. The summed E-state index contributed by atoms with van der Waals surface area (Å²) >= 11 is 0. The van der Waals surface area contributed by atoms with Crippen molar-refractivity contribution in [1.29, 1.82) is 0 Å². The van der Waals surface area contributed by atoms with Crippen LogP contribution < -0.4 is 39.1 Å². The van der Waals surface area contributed by atoms with Crippen molar-refractivity contribution >= 4 is 11.8 Å². The fourth-order valence-electron chi connectivity index (χ4n) is 7.66. The Morgan fingerprint density at radius 1 is 0.540 bits per heavy atom. The highest BCUT2D eigenvalue weighted by molar-refractivity contribution is 5.96. The molecule has 0 saturated heterocycles. The topological polar surface area (TPSA) is 114 Å². The summed E-state index contributed by atoms with van der Waals surface area (Å²) < 4.78 is 32.1. The minimum atomic E-state index is -0.0935. The molecule has 0 aromatic heterocycles. The highest BCUT2D eigenvalue weighted by atomic mass is 16.5. The maximum atomic E-state index is 12.9. The molecule has 2 N–H and O–H groups in total. The highest BCUT2D eigenvalue weighted by Crippen LogP contribution is 2.40. The van der Waals surface area contributed by atoms with Gasteiger partial charge in [-0.25, -0.2) is 0 Å². The number of rotatable bonds is 12. The molecule has 10 heteroatoms. The molecule has 4 rings (SSSR count). The molecule has 6 atom stereocenters. The van der Waals surface area contributed by atoms with Crippen molar-refractivity contribution in [2.75, 3.05) is 42.7 Å². The monoisotopic (exact) mass is 698 g/mol. The first-order valence-electron chi connectivity index (χ1n) is 18.0. The van der Waals surface area contributed by atoms with Crippen LogP contribution in [0, 0.1) is 35.5 Å². The van der Waals surface area contributed by atoms with Gasteiger partial charge in [-0.15, -0.1) is 0 Å². The van der Waals surface area contributed by atoms with Crippen LogP contribution in [0.3, 0.4) is 0 Å². The summed E-state index contributed by atoms with van der Waals surface area (Å²) in [5.41, 5.74) is 1.05. The molecule has 2 aliphatic rings. The van der Waals surface area contributed by atoms with Gasteiger partial charge in [0.25, 0.3) is 11.8 Å². The number of nitrogens with one attached hydrogen (secondary N) is 2. The molecule has 0 unspecified atom stereocenters. The van der Waals surface area contributed by atoms with Crippen molar-refractivity contribution in [1.82, 2.24) is 10.6 Å². The summed E-state index contributed by atoms with van der Waals surface area (Å²) in [6.07, 6.45) is 6.86. The molecule has 50 heavy (non-hydrogen) atoms. The van der Waals surface area contributed by atoms with Gasteiger partial charge in [0.2, 0.25) is 11.5 Å². The van der Waals surface area contributed by atoms with Gasteiger partial charge in [0.15, 0.2) is 23.0 Å². The van der Waals surface area contributed by atoms with Gasteiger partial charge in [-0.05, 0) is 85.5 Å². The Morgan fingerprint density at radius 3 is 1.08 bits per heavy atom. The van der Waals surface area contributed by atoms with Crippen LogP contribution in [0.1, 0.15) is 101 Å². The average molecular weight is 699 g/mol. The Bertz CT molecular complexity index is 1250. The lowest BCUT2D eigenvalue weighted by molar-refractivity contribution is 0.0858. The van der Waals surface area contributed by atoms with Crippen molar-refractivity contribution in [3.63, 3.8) is 0 Å². The van der Waals surface area contributed by atoms with E-state index in [2.05, 4.69) is 52.2 Å². The van der Waals surface area contributed by atoms with E-state index in [0.29, 0.717) is 81.1 Å². The van der Waals surface area contributed by atoms with Gasteiger partial charge in [0.05, 0.1) is 42.7 Å². The van der Waals surface area contributed by atoms with E-state index >= 15 is 0 Å². The maximum Gasteiger partial charge on any atom is 0.251 e. The van der Waals surface area contributed by atoms with Crippen molar-refractivity contribution in [2.24, 2.45) is 35.5 Å². The number of methoxy groups -OCH3 is 6. The Hall–Kier alpha value is -3.82. The summed E-state index contributed by atoms with van der Waals surface area (Å²) in [6, 6.07) is 7.21. The second-order valence-corrected chi connectivity index (χ2v) is 14.6. The van der Waals surface area contributed by atoms with Crippen molar-refractivity contribution in [3.8, 4) is 34.5 Å². The minimum Gasteiger partial charge on any atom is -0.493 e. The van der Waals surface area contributed by atoms with Crippen molar-refractivity contribution < 1.29 is 38.0 Å². The summed E-state index contributed by atoms with van der Waals surface area (Å²) in [5.74, 6) is 6.18. The number of benzene rings is 2. The van der Waals surface area contributed by atoms with Crippen LogP contribution in [0.15, 0.2) is 24.3 Å². The Kier molecular flexibility index (Phi) is 15.4. The third kappa shape index (κ3) is 10.1. The first-order chi connectivity index (χ1) is 23.8. The first-order valence-corrected chi connectivity index (χ1v) is 18.0. The van der Waals surface area contributed by atoms with Crippen LogP contribution in [0.25, 0.3) is 0 Å².